The van der Waals surface area contributed by atoms with Crippen LogP contribution in [0.4, 0.5) is 5.69 Å². The Morgan fingerprint density at radius 2 is 2.22 bits per heavy atom. The van der Waals surface area contributed by atoms with Crippen LogP contribution in [0.1, 0.15) is 5.01 Å². The lowest BCUT2D eigenvalue weighted by Gasteiger charge is -2.09. The van der Waals surface area contributed by atoms with E-state index < -0.39 is 10.0 Å². The molecule has 6 nitrogen and oxygen atoms in total. The van der Waals surface area contributed by atoms with Gasteiger partial charge in [-0.05, 0) is 6.07 Å². The molecule has 2 aromatic rings. The highest BCUT2D eigenvalue weighted by molar-refractivity contribution is 7.89. The Morgan fingerprint density at radius 3 is 2.89 bits per heavy atom. The summed E-state index contributed by atoms with van der Waals surface area (Å²) in [5.41, 5.74) is 0.511. The van der Waals surface area contributed by atoms with E-state index in [-0.39, 0.29) is 11.4 Å². The van der Waals surface area contributed by atoms with Gasteiger partial charge in [0, 0.05) is 31.0 Å². The van der Waals surface area contributed by atoms with Gasteiger partial charge in [-0.25, -0.2) is 18.1 Å². The van der Waals surface area contributed by atoms with Crippen molar-refractivity contribution in [3.63, 3.8) is 0 Å². The van der Waals surface area contributed by atoms with Gasteiger partial charge >= 0.3 is 0 Å². The van der Waals surface area contributed by atoms with Crippen LogP contribution in [0.3, 0.4) is 0 Å². The summed E-state index contributed by atoms with van der Waals surface area (Å²) in [5.74, 6) is 0. The van der Waals surface area contributed by atoms with Gasteiger partial charge in [-0.2, -0.15) is 0 Å². The predicted molar refractivity (Wildman–Crippen MR) is 69.9 cm³/mol. The number of nitrogens with zero attached hydrogens (tertiary/aromatic N) is 2. The molecular weight excluding hydrogens is 272 g/mol. The van der Waals surface area contributed by atoms with E-state index in [0.717, 1.165) is 0 Å². The number of thiazole rings is 1. The number of anilines is 1. The standard InChI is InChI=1S/C10H12N4O2S2/c1-11-8-2-3-12-6-9(8)18(15,16)14-7-10-13-4-5-17-10/h2-6,14H,7H2,1H3,(H,11,12). The van der Waals surface area contributed by atoms with Gasteiger partial charge in [-0.3, -0.25) is 4.98 Å². The molecule has 0 fully saturated rings. The molecule has 8 heteroatoms. The molecule has 18 heavy (non-hydrogen) atoms. The van der Waals surface area contributed by atoms with Crippen molar-refractivity contribution in [1.29, 1.82) is 0 Å². The maximum Gasteiger partial charge on any atom is 0.244 e. The van der Waals surface area contributed by atoms with Gasteiger partial charge < -0.3 is 5.32 Å². The Labute approximate surface area is 109 Å². The fraction of sp³-hybridized carbons (Fsp3) is 0.200. The topological polar surface area (TPSA) is 84.0 Å². The zero-order valence-electron chi connectivity index (χ0n) is 9.62. The first-order chi connectivity index (χ1) is 8.63. The lowest BCUT2D eigenvalue weighted by atomic mass is 10.4. The molecule has 2 heterocycles. The molecule has 0 saturated heterocycles. The number of nitrogens with one attached hydrogen (secondary N) is 2. The van der Waals surface area contributed by atoms with Crippen molar-refractivity contribution in [2.75, 3.05) is 12.4 Å². The molecule has 0 amide bonds. The van der Waals surface area contributed by atoms with Crippen LogP contribution in [0.15, 0.2) is 34.9 Å². The third-order valence-electron chi connectivity index (χ3n) is 2.24. The molecule has 2 N–H and O–H groups in total. The van der Waals surface area contributed by atoms with Gasteiger partial charge in [0.2, 0.25) is 10.0 Å². The molecule has 0 aromatic carbocycles. The molecule has 0 radical (unpaired) electrons. The predicted octanol–water partition coefficient (Wildman–Crippen LogP) is 1.06. The van der Waals surface area contributed by atoms with Crippen LogP contribution in [0.2, 0.25) is 0 Å². The molecule has 2 aromatic heterocycles. The molecule has 0 bridgehead atoms. The van der Waals surface area contributed by atoms with Crippen LogP contribution in [-0.4, -0.2) is 25.4 Å². The van der Waals surface area contributed by atoms with Crippen molar-refractivity contribution in [3.05, 3.63) is 35.0 Å². The highest BCUT2D eigenvalue weighted by Crippen LogP contribution is 2.18. The minimum absolute atomic E-state index is 0.129. The summed E-state index contributed by atoms with van der Waals surface area (Å²) in [6.07, 6.45) is 4.49. The van der Waals surface area contributed by atoms with E-state index in [4.69, 9.17) is 0 Å². The van der Waals surface area contributed by atoms with Crippen molar-refractivity contribution in [3.8, 4) is 0 Å². The molecule has 0 aliphatic rings. The van der Waals surface area contributed by atoms with E-state index in [1.54, 1.807) is 24.7 Å². The monoisotopic (exact) mass is 284 g/mol. The SMILES string of the molecule is CNc1ccncc1S(=O)(=O)NCc1nccs1. The van der Waals surface area contributed by atoms with Gasteiger partial charge in [-0.15, -0.1) is 11.3 Å². The van der Waals surface area contributed by atoms with E-state index in [1.807, 2.05) is 0 Å². The van der Waals surface area contributed by atoms with Crippen LogP contribution >= 0.6 is 11.3 Å². The zero-order valence-corrected chi connectivity index (χ0v) is 11.3. The molecule has 0 saturated carbocycles. The molecule has 96 valence electrons. The van der Waals surface area contributed by atoms with Crippen LogP contribution in [0.25, 0.3) is 0 Å². The van der Waals surface area contributed by atoms with Gasteiger partial charge in [0.15, 0.2) is 0 Å². The summed E-state index contributed by atoms with van der Waals surface area (Å²) in [4.78, 5) is 7.98. The smallest absolute Gasteiger partial charge is 0.244 e. The van der Waals surface area contributed by atoms with Gasteiger partial charge in [0.05, 0.1) is 12.2 Å². The van der Waals surface area contributed by atoms with Crippen LogP contribution in [0.5, 0.6) is 0 Å². The largest absolute Gasteiger partial charge is 0.387 e. The molecule has 0 aliphatic heterocycles. The van der Waals surface area contributed by atoms with Gasteiger partial charge in [0.1, 0.15) is 9.90 Å². The highest BCUT2D eigenvalue weighted by atomic mass is 32.2. The first-order valence-corrected chi connectivity index (χ1v) is 7.49. The van der Waals surface area contributed by atoms with E-state index in [0.29, 0.717) is 10.7 Å². The summed E-state index contributed by atoms with van der Waals surface area (Å²) in [6.45, 7) is 0.179. The fourth-order valence-corrected chi connectivity index (χ4v) is 3.16. The maximum absolute atomic E-state index is 12.1. The number of sulfonamides is 1. The number of rotatable bonds is 5. The second kappa shape index (κ2) is 5.42. The summed E-state index contributed by atoms with van der Waals surface area (Å²) in [7, 11) is -1.93. The summed E-state index contributed by atoms with van der Waals surface area (Å²) in [5, 5.41) is 5.34. The second-order valence-corrected chi connectivity index (χ2v) is 6.09. The molecular formula is C10H12N4O2S2. The van der Waals surface area contributed by atoms with Gasteiger partial charge in [0.25, 0.3) is 0 Å². The van der Waals surface area contributed by atoms with Crippen molar-refractivity contribution in [2.24, 2.45) is 0 Å². The Hall–Kier alpha value is -1.51. The number of hydrogen-bond acceptors (Lipinski definition) is 6. The fourth-order valence-electron chi connectivity index (χ4n) is 1.38. The van der Waals surface area contributed by atoms with Crippen molar-refractivity contribution < 1.29 is 8.42 Å². The first kappa shape index (κ1) is 12.9. The van der Waals surface area contributed by atoms with Crippen LogP contribution in [-0.2, 0) is 16.6 Å². The molecule has 0 spiro atoms. The quantitative estimate of drug-likeness (QED) is 0.857. The number of hydrogen-bond donors (Lipinski definition) is 2. The lowest BCUT2D eigenvalue weighted by molar-refractivity contribution is 0.581. The Bertz CT molecular complexity index is 611. The average Bonchev–Trinajstić information content (AvgIpc) is 2.89. The van der Waals surface area contributed by atoms with Crippen LogP contribution in [0, 0.1) is 0 Å². The van der Waals surface area contributed by atoms with Crippen LogP contribution < -0.4 is 10.0 Å². The van der Waals surface area contributed by atoms with E-state index in [1.165, 1.54) is 23.7 Å². The zero-order chi connectivity index (χ0) is 13.0. The summed E-state index contributed by atoms with van der Waals surface area (Å²) < 4.78 is 26.7. The summed E-state index contributed by atoms with van der Waals surface area (Å²) >= 11 is 1.40. The van der Waals surface area contributed by atoms with Crippen molar-refractivity contribution in [2.45, 2.75) is 11.4 Å². The molecule has 0 unspecified atom stereocenters. The Balaban J connectivity index is 2.20. The molecule has 0 aliphatic carbocycles. The van der Waals surface area contributed by atoms with E-state index in [2.05, 4.69) is 20.0 Å². The van der Waals surface area contributed by atoms with E-state index >= 15 is 0 Å². The Kier molecular flexibility index (Phi) is 3.90. The average molecular weight is 284 g/mol. The van der Waals surface area contributed by atoms with Gasteiger partial charge in [-0.1, -0.05) is 0 Å². The minimum atomic E-state index is -3.59. The summed E-state index contributed by atoms with van der Waals surface area (Å²) in [6, 6.07) is 1.61. The third kappa shape index (κ3) is 2.84. The Morgan fingerprint density at radius 1 is 1.39 bits per heavy atom. The highest BCUT2D eigenvalue weighted by Gasteiger charge is 2.18. The number of pyridine rings is 1. The van der Waals surface area contributed by atoms with Crippen molar-refractivity contribution in [1.82, 2.24) is 14.7 Å². The minimum Gasteiger partial charge on any atom is -0.387 e. The molecule has 2 rings (SSSR count). The third-order valence-corrected chi connectivity index (χ3v) is 4.45. The number of aromatic nitrogens is 2. The lowest BCUT2D eigenvalue weighted by Crippen LogP contribution is -2.24. The normalized spacial score (nSPS) is 11.4. The van der Waals surface area contributed by atoms with E-state index in [9.17, 15) is 8.42 Å². The van der Waals surface area contributed by atoms with Crippen molar-refractivity contribution >= 4 is 27.0 Å². The maximum atomic E-state index is 12.1. The molecule has 0 atom stereocenters. The second-order valence-electron chi connectivity index (χ2n) is 3.37. The first-order valence-electron chi connectivity index (χ1n) is 5.13.